The Morgan fingerprint density at radius 2 is 1.77 bits per heavy atom. The second-order valence-corrected chi connectivity index (χ2v) is 6.32. The van der Waals surface area contributed by atoms with E-state index in [2.05, 4.69) is 48.3 Å². The molecule has 1 amide bonds. The predicted octanol–water partition coefficient (Wildman–Crippen LogP) is 3.77. The van der Waals surface area contributed by atoms with Gasteiger partial charge in [-0.2, -0.15) is 0 Å². The Kier molecular flexibility index (Phi) is 6.91. The van der Waals surface area contributed by atoms with Crippen LogP contribution in [0.2, 0.25) is 0 Å². The van der Waals surface area contributed by atoms with E-state index in [9.17, 15) is 4.79 Å². The number of likely N-dealkylation sites (N-methyl/N-ethyl adjacent to an activating group) is 1. The molecular formula is C19H30N2O. The van der Waals surface area contributed by atoms with Crippen molar-refractivity contribution in [2.75, 3.05) is 19.6 Å². The highest BCUT2D eigenvalue weighted by molar-refractivity contribution is 5.78. The van der Waals surface area contributed by atoms with Gasteiger partial charge in [0.15, 0.2) is 0 Å². The summed E-state index contributed by atoms with van der Waals surface area (Å²) in [6, 6.07) is 10.7. The summed E-state index contributed by atoms with van der Waals surface area (Å²) in [7, 11) is 0. The molecule has 0 aromatic heterocycles. The van der Waals surface area contributed by atoms with Crippen molar-refractivity contribution >= 4 is 5.91 Å². The molecule has 0 bridgehead atoms. The molecule has 1 saturated carbocycles. The van der Waals surface area contributed by atoms with Crippen LogP contribution in [0.1, 0.15) is 57.6 Å². The Bertz CT molecular complexity index is 436. The zero-order valence-electron chi connectivity index (χ0n) is 14.1. The average molecular weight is 302 g/mol. The maximum Gasteiger partial charge on any atom is 0.234 e. The molecule has 0 unspecified atom stereocenters. The average Bonchev–Trinajstić information content (AvgIpc) is 2.59. The fourth-order valence-corrected chi connectivity index (χ4v) is 3.47. The molecule has 0 saturated heterocycles. The van der Waals surface area contributed by atoms with Gasteiger partial charge in [0, 0.05) is 0 Å². The first-order valence-corrected chi connectivity index (χ1v) is 8.81. The number of hydrogen-bond donors (Lipinski definition) is 1. The highest BCUT2D eigenvalue weighted by Crippen LogP contribution is 2.34. The summed E-state index contributed by atoms with van der Waals surface area (Å²) in [5.74, 6) is 0.736. The molecule has 1 atom stereocenters. The molecule has 3 nitrogen and oxygen atoms in total. The highest BCUT2D eigenvalue weighted by atomic mass is 16.2. The normalized spacial score (nSPS) is 17.4. The van der Waals surface area contributed by atoms with Gasteiger partial charge in [-0.25, -0.2) is 0 Å². The largest absolute Gasteiger partial charge is 0.348 e. The van der Waals surface area contributed by atoms with Crippen LogP contribution in [0.5, 0.6) is 0 Å². The molecule has 0 radical (unpaired) electrons. The molecular weight excluding hydrogens is 272 g/mol. The number of benzene rings is 1. The summed E-state index contributed by atoms with van der Waals surface area (Å²) in [5, 5.41) is 3.32. The van der Waals surface area contributed by atoms with Crippen molar-refractivity contribution in [1.29, 1.82) is 0 Å². The summed E-state index contributed by atoms with van der Waals surface area (Å²) in [4.78, 5) is 14.6. The van der Waals surface area contributed by atoms with E-state index in [1.165, 1.54) is 37.7 Å². The van der Waals surface area contributed by atoms with Crippen molar-refractivity contribution in [3.8, 4) is 0 Å². The van der Waals surface area contributed by atoms with Gasteiger partial charge in [0.1, 0.15) is 0 Å². The molecule has 0 aliphatic heterocycles. The molecule has 0 heterocycles. The Hall–Kier alpha value is -1.35. The lowest BCUT2D eigenvalue weighted by atomic mass is 9.81. The first-order valence-electron chi connectivity index (χ1n) is 8.81. The van der Waals surface area contributed by atoms with Gasteiger partial charge in [-0.1, -0.05) is 63.4 Å². The smallest absolute Gasteiger partial charge is 0.234 e. The minimum Gasteiger partial charge on any atom is -0.348 e. The molecule has 122 valence electrons. The number of nitrogens with zero attached hydrogens (tertiary/aromatic N) is 1. The van der Waals surface area contributed by atoms with Crippen molar-refractivity contribution in [1.82, 2.24) is 10.2 Å². The number of carbonyl (C=O) groups excluding carboxylic acids is 1. The Balaban J connectivity index is 2.05. The van der Waals surface area contributed by atoms with Crippen LogP contribution in [0.4, 0.5) is 0 Å². The summed E-state index contributed by atoms with van der Waals surface area (Å²) >= 11 is 0. The standard InChI is InChI=1S/C19H30N2O/c1-3-21(4-2)15-18(22)20-19(16-11-7-5-8-12-16)17-13-9-6-10-14-17/h5,7-8,11-12,17,19H,3-4,6,9-10,13-15H2,1-2H3,(H,20,22)/t19-/m1/s1. The molecule has 1 aromatic carbocycles. The van der Waals surface area contributed by atoms with Crippen LogP contribution >= 0.6 is 0 Å². The summed E-state index contributed by atoms with van der Waals surface area (Å²) in [6.07, 6.45) is 6.38. The Morgan fingerprint density at radius 1 is 1.14 bits per heavy atom. The minimum absolute atomic E-state index is 0.156. The van der Waals surface area contributed by atoms with Gasteiger partial charge in [-0.05, 0) is 37.4 Å². The number of rotatable bonds is 7. The van der Waals surface area contributed by atoms with Gasteiger partial charge < -0.3 is 5.32 Å². The van der Waals surface area contributed by atoms with Gasteiger partial charge in [-0.3, -0.25) is 9.69 Å². The Labute approximate surface area is 135 Å². The second kappa shape index (κ2) is 8.94. The molecule has 1 N–H and O–H groups in total. The maximum absolute atomic E-state index is 12.4. The zero-order chi connectivity index (χ0) is 15.8. The van der Waals surface area contributed by atoms with E-state index in [1.54, 1.807) is 0 Å². The van der Waals surface area contributed by atoms with E-state index in [0.717, 1.165) is 13.1 Å². The third kappa shape index (κ3) is 4.84. The lowest BCUT2D eigenvalue weighted by molar-refractivity contribution is -0.123. The maximum atomic E-state index is 12.4. The number of amides is 1. The second-order valence-electron chi connectivity index (χ2n) is 6.32. The first-order chi connectivity index (χ1) is 10.7. The third-order valence-corrected chi connectivity index (χ3v) is 4.86. The summed E-state index contributed by atoms with van der Waals surface area (Å²) in [5.41, 5.74) is 1.25. The molecule has 3 heteroatoms. The number of nitrogens with one attached hydrogen (secondary N) is 1. The van der Waals surface area contributed by atoms with Crippen LogP contribution in [0.3, 0.4) is 0 Å². The van der Waals surface area contributed by atoms with Crippen LogP contribution < -0.4 is 5.32 Å². The molecule has 2 rings (SSSR count). The van der Waals surface area contributed by atoms with Crippen molar-refractivity contribution < 1.29 is 4.79 Å². The van der Waals surface area contributed by atoms with Crippen LogP contribution in [0, 0.1) is 5.92 Å². The lowest BCUT2D eigenvalue weighted by Crippen LogP contribution is -2.41. The lowest BCUT2D eigenvalue weighted by Gasteiger charge is -2.32. The molecule has 1 fully saturated rings. The van der Waals surface area contributed by atoms with E-state index >= 15 is 0 Å². The highest BCUT2D eigenvalue weighted by Gasteiger charge is 2.26. The van der Waals surface area contributed by atoms with Crippen molar-refractivity contribution in [2.45, 2.75) is 52.0 Å². The summed E-state index contributed by atoms with van der Waals surface area (Å²) in [6.45, 7) is 6.55. The van der Waals surface area contributed by atoms with Crippen molar-refractivity contribution in [2.24, 2.45) is 5.92 Å². The molecule has 22 heavy (non-hydrogen) atoms. The van der Waals surface area contributed by atoms with Gasteiger partial charge in [0.2, 0.25) is 5.91 Å². The minimum atomic E-state index is 0.156. The number of hydrogen-bond acceptors (Lipinski definition) is 2. The molecule has 0 spiro atoms. The summed E-state index contributed by atoms with van der Waals surface area (Å²) < 4.78 is 0. The molecule has 1 aliphatic carbocycles. The van der Waals surface area contributed by atoms with Crippen molar-refractivity contribution in [3.05, 3.63) is 35.9 Å². The van der Waals surface area contributed by atoms with E-state index < -0.39 is 0 Å². The van der Waals surface area contributed by atoms with Gasteiger partial charge in [0.05, 0.1) is 12.6 Å². The quantitative estimate of drug-likeness (QED) is 0.831. The van der Waals surface area contributed by atoms with Gasteiger partial charge >= 0.3 is 0 Å². The van der Waals surface area contributed by atoms with E-state index in [1.807, 2.05) is 6.07 Å². The van der Waals surface area contributed by atoms with E-state index in [4.69, 9.17) is 0 Å². The fraction of sp³-hybridized carbons (Fsp3) is 0.632. The van der Waals surface area contributed by atoms with Gasteiger partial charge in [-0.15, -0.1) is 0 Å². The van der Waals surface area contributed by atoms with Gasteiger partial charge in [0.25, 0.3) is 0 Å². The van der Waals surface area contributed by atoms with Crippen LogP contribution in [0.25, 0.3) is 0 Å². The van der Waals surface area contributed by atoms with Crippen molar-refractivity contribution in [3.63, 3.8) is 0 Å². The zero-order valence-corrected chi connectivity index (χ0v) is 14.1. The van der Waals surface area contributed by atoms with Crippen LogP contribution in [-0.2, 0) is 4.79 Å². The van der Waals surface area contributed by atoms with E-state index in [-0.39, 0.29) is 11.9 Å². The SMILES string of the molecule is CCN(CC)CC(=O)N[C@H](c1ccccc1)C1CCCCC1. The predicted molar refractivity (Wildman–Crippen MR) is 91.7 cm³/mol. The molecule has 1 aromatic rings. The van der Waals surface area contributed by atoms with Crippen LogP contribution in [-0.4, -0.2) is 30.4 Å². The monoisotopic (exact) mass is 302 g/mol. The van der Waals surface area contributed by atoms with Crippen LogP contribution in [0.15, 0.2) is 30.3 Å². The number of carbonyl (C=O) groups is 1. The first kappa shape index (κ1) is 17.0. The fourth-order valence-electron chi connectivity index (χ4n) is 3.47. The van der Waals surface area contributed by atoms with E-state index in [0.29, 0.717) is 12.5 Å². The Morgan fingerprint density at radius 3 is 2.36 bits per heavy atom. The topological polar surface area (TPSA) is 32.3 Å². The third-order valence-electron chi connectivity index (χ3n) is 4.86. The molecule has 1 aliphatic rings.